The maximum absolute atomic E-state index is 12.2. The lowest BCUT2D eigenvalue weighted by atomic mass is 9.84. The van der Waals surface area contributed by atoms with E-state index >= 15 is 0 Å². The van der Waals surface area contributed by atoms with Gasteiger partial charge in [0.25, 0.3) is 0 Å². The molecule has 0 aliphatic carbocycles. The number of nitrogens with zero attached hydrogens (tertiary/aromatic N) is 2. The Morgan fingerprint density at radius 1 is 0.698 bits per heavy atom. The zero-order valence-electron chi connectivity index (χ0n) is 25.4. The Balaban J connectivity index is 1.02. The monoisotopic (exact) mass is 586 g/mol. The lowest BCUT2D eigenvalue weighted by Crippen LogP contribution is -2.43. The zero-order chi connectivity index (χ0) is 30.1. The fourth-order valence-electron chi connectivity index (χ4n) is 6.32. The van der Waals surface area contributed by atoms with E-state index in [1.807, 2.05) is 72.8 Å². The van der Waals surface area contributed by atoms with Crippen molar-refractivity contribution < 1.29 is 24.5 Å². The molecule has 0 radical (unpaired) electrons. The van der Waals surface area contributed by atoms with Crippen LogP contribution in [-0.4, -0.2) is 78.3 Å². The van der Waals surface area contributed by atoms with Crippen molar-refractivity contribution in [1.82, 2.24) is 9.80 Å². The van der Waals surface area contributed by atoms with E-state index in [1.54, 1.807) is 13.0 Å². The maximum Gasteiger partial charge on any atom is 0.163 e. The van der Waals surface area contributed by atoms with E-state index in [9.17, 15) is 15.0 Å². The number of piperidine rings is 2. The van der Waals surface area contributed by atoms with Gasteiger partial charge in [0.05, 0.1) is 30.0 Å². The molecule has 0 saturated carbocycles. The maximum atomic E-state index is 12.2. The molecular formula is C36H46N2O5. The predicted octanol–water partition coefficient (Wildman–Crippen LogP) is 5.39. The molecule has 0 atom stereocenters. The molecule has 2 aliphatic rings. The Morgan fingerprint density at radius 3 is 1.63 bits per heavy atom. The minimum atomic E-state index is -0.743. The smallest absolute Gasteiger partial charge is 0.163 e. The van der Waals surface area contributed by atoms with Crippen molar-refractivity contribution in [3.63, 3.8) is 0 Å². The van der Waals surface area contributed by atoms with Gasteiger partial charge in [0.1, 0.15) is 11.5 Å². The summed E-state index contributed by atoms with van der Waals surface area (Å²) in [6.45, 7) is 7.86. The van der Waals surface area contributed by atoms with Gasteiger partial charge in [-0.25, -0.2) is 0 Å². The largest absolute Gasteiger partial charge is 0.493 e. The van der Waals surface area contributed by atoms with E-state index in [2.05, 4.69) is 9.80 Å². The van der Waals surface area contributed by atoms with Gasteiger partial charge in [0.2, 0.25) is 0 Å². The molecule has 3 aromatic rings. The minimum Gasteiger partial charge on any atom is -0.493 e. The van der Waals surface area contributed by atoms with Crippen LogP contribution in [0.3, 0.4) is 0 Å². The highest BCUT2D eigenvalue weighted by Gasteiger charge is 2.34. The summed E-state index contributed by atoms with van der Waals surface area (Å²) in [6, 6.07) is 25.4. The highest BCUT2D eigenvalue weighted by atomic mass is 16.5. The van der Waals surface area contributed by atoms with E-state index in [-0.39, 0.29) is 5.78 Å². The number of hydrogen-bond acceptors (Lipinski definition) is 7. The summed E-state index contributed by atoms with van der Waals surface area (Å²) in [7, 11) is 0. The molecule has 43 heavy (non-hydrogen) atoms. The Bertz CT molecular complexity index is 1300. The van der Waals surface area contributed by atoms with Crippen molar-refractivity contribution in [3.8, 4) is 11.5 Å². The van der Waals surface area contributed by atoms with Gasteiger partial charge in [-0.1, -0.05) is 60.7 Å². The van der Waals surface area contributed by atoms with Gasteiger partial charge in [-0.15, -0.1) is 0 Å². The number of benzene rings is 3. The van der Waals surface area contributed by atoms with Gasteiger partial charge in [-0.2, -0.15) is 0 Å². The Labute approximate surface area is 256 Å². The van der Waals surface area contributed by atoms with Crippen LogP contribution >= 0.6 is 0 Å². The highest BCUT2D eigenvalue weighted by Crippen LogP contribution is 2.34. The molecule has 2 N–H and O–H groups in total. The molecule has 230 valence electrons. The van der Waals surface area contributed by atoms with Crippen molar-refractivity contribution in [1.29, 1.82) is 0 Å². The molecule has 0 spiro atoms. The molecule has 0 aromatic heterocycles. The van der Waals surface area contributed by atoms with Crippen molar-refractivity contribution in [2.45, 2.75) is 56.7 Å². The number of hydrogen-bond donors (Lipinski definition) is 2. The molecule has 0 unspecified atom stereocenters. The van der Waals surface area contributed by atoms with Gasteiger partial charge in [-0.3, -0.25) is 4.79 Å². The van der Waals surface area contributed by atoms with Crippen LogP contribution in [0.5, 0.6) is 11.5 Å². The van der Waals surface area contributed by atoms with E-state index < -0.39 is 11.2 Å². The summed E-state index contributed by atoms with van der Waals surface area (Å²) in [5, 5.41) is 22.2. The summed E-state index contributed by atoms with van der Waals surface area (Å²) in [5.41, 5.74) is 1.10. The van der Waals surface area contributed by atoms with Gasteiger partial charge < -0.3 is 29.5 Å². The van der Waals surface area contributed by atoms with E-state index in [1.165, 1.54) is 0 Å². The number of aliphatic hydroxyl groups is 2. The summed E-state index contributed by atoms with van der Waals surface area (Å²) in [4.78, 5) is 17.0. The Kier molecular flexibility index (Phi) is 10.5. The third-order valence-corrected chi connectivity index (χ3v) is 9.08. The first kappa shape index (κ1) is 31.2. The second kappa shape index (κ2) is 14.5. The van der Waals surface area contributed by atoms with Crippen LogP contribution in [0.4, 0.5) is 0 Å². The average Bonchev–Trinajstić information content (AvgIpc) is 3.04. The lowest BCUT2D eigenvalue weighted by Gasteiger charge is -2.38. The molecule has 5 rings (SSSR count). The van der Waals surface area contributed by atoms with E-state index in [0.717, 1.165) is 88.9 Å². The second-order valence-electron chi connectivity index (χ2n) is 12.1. The van der Waals surface area contributed by atoms with Gasteiger partial charge in [0, 0.05) is 45.3 Å². The van der Waals surface area contributed by atoms with Crippen molar-refractivity contribution >= 4 is 5.78 Å². The van der Waals surface area contributed by atoms with Gasteiger partial charge >= 0.3 is 0 Å². The summed E-state index contributed by atoms with van der Waals surface area (Å²) in [5.74, 6) is 1.24. The van der Waals surface area contributed by atoms with Crippen molar-refractivity contribution in [3.05, 3.63) is 95.6 Å². The molecule has 2 heterocycles. The SMILES string of the molecule is CC(=O)c1ccc(OCCCN2CCC(O)(c3ccccc3)CC2)cc1OCCCN1CCC(O)(c2ccccc2)CC1. The van der Waals surface area contributed by atoms with Gasteiger partial charge in [0.15, 0.2) is 5.78 Å². The molecule has 7 nitrogen and oxygen atoms in total. The third kappa shape index (κ3) is 8.24. The molecule has 2 fully saturated rings. The number of carbonyl (C=O) groups is 1. The van der Waals surface area contributed by atoms with Crippen LogP contribution in [-0.2, 0) is 11.2 Å². The lowest BCUT2D eigenvalue weighted by molar-refractivity contribution is -0.0267. The minimum absolute atomic E-state index is 0.0293. The molecular weight excluding hydrogens is 540 g/mol. The standard InChI is InChI=1S/C36H46N2O5/c1-29(39)33-15-14-32(42-26-8-20-37-22-16-35(40,17-23-37)30-10-4-2-5-11-30)28-34(33)43-27-9-21-38-24-18-36(41,19-25-38)31-12-6-3-7-13-31/h2-7,10-15,28,40-41H,8-9,16-27H2,1H3. The number of Topliss-reactive ketones (excluding diaryl/α,β-unsaturated/α-hetero) is 1. The molecule has 2 saturated heterocycles. The van der Waals surface area contributed by atoms with Crippen LogP contribution in [0, 0.1) is 0 Å². The fourth-order valence-corrected chi connectivity index (χ4v) is 6.32. The van der Waals surface area contributed by atoms with Gasteiger partial charge in [-0.05, 0) is 68.7 Å². The number of ketones is 1. The van der Waals surface area contributed by atoms with Crippen molar-refractivity contribution in [2.75, 3.05) is 52.5 Å². The molecule has 7 heteroatoms. The number of rotatable bonds is 13. The predicted molar refractivity (Wildman–Crippen MR) is 169 cm³/mol. The molecule has 0 bridgehead atoms. The molecule has 3 aromatic carbocycles. The van der Waals surface area contributed by atoms with Crippen LogP contribution in [0.1, 0.15) is 66.9 Å². The van der Waals surface area contributed by atoms with Crippen LogP contribution in [0.15, 0.2) is 78.9 Å². The first-order chi connectivity index (χ1) is 20.8. The average molecular weight is 587 g/mol. The topological polar surface area (TPSA) is 82.5 Å². The highest BCUT2D eigenvalue weighted by molar-refractivity contribution is 5.97. The van der Waals surface area contributed by atoms with E-state index in [0.29, 0.717) is 30.3 Å². The van der Waals surface area contributed by atoms with Crippen LogP contribution in [0.2, 0.25) is 0 Å². The third-order valence-electron chi connectivity index (χ3n) is 9.08. The summed E-state index contributed by atoms with van der Waals surface area (Å²) in [6.07, 6.45) is 4.63. The summed E-state index contributed by atoms with van der Waals surface area (Å²) < 4.78 is 12.1. The zero-order valence-corrected chi connectivity index (χ0v) is 25.4. The van der Waals surface area contributed by atoms with E-state index in [4.69, 9.17) is 9.47 Å². The Hall–Kier alpha value is -3.23. The number of carbonyl (C=O) groups excluding carboxylic acids is 1. The fraction of sp³-hybridized carbons (Fsp3) is 0.472. The van der Waals surface area contributed by atoms with Crippen LogP contribution in [0.25, 0.3) is 0 Å². The quantitative estimate of drug-likeness (QED) is 0.205. The summed E-state index contributed by atoms with van der Waals surface area (Å²) >= 11 is 0. The number of likely N-dealkylation sites (tertiary alicyclic amines) is 2. The Morgan fingerprint density at radius 2 is 1.16 bits per heavy atom. The van der Waals surface area contributed by atoms with Crippen LogP contribution < -0.4 is 9.47 Å². The molecule has 2 aliphatic heterocycles. The molecule has 0 amide bonds. The van der Waals surface area contributed by atoms with Crippen molar-refractivity contribution in [2.24, 2.45) is 0 Å². The first-order valence-corrected chi connectivity index (χ1v) is 15.8. The number of ether oxygens (including phenoxy) is 2. The second-order valence-corrected chi connectivity index (χ2v) is 12.1. The first-order valence-electron chi connectivity index (χ1n) is 15.8. The normalized spacial score (nSPS) is 18.7.